The van der Waals surface area contributed by atoms with Gasteiger partial charge in [-0.2, -0.15) is 0 Å². The molecule has 0 aliphatic carbocycles. The van der Waals surface area contributed by atoms with Crippen LogP contribution in [0.25, 0.3) is 0 Å². The third-order valence-electron chi connectivity index (χ3n) is 8.15. The van der Waals surface area contributed by atoms with Gasteiger partial charge in [0.25, 0.3) is 5.91 Å². The maximum atomic E-state index is 13.7. The van der Waals surface area contributed by atoms with E-state index in [2.05, 4.69) is 21.3 Å². The summed E-state index contributed by atoms with van der Waals surface area (Å²) >= 11 is 0. The average Bonchev–Trinajstić information content (AvgIpc) is 3.09. The van der Waals surface area contributed by atoms with Gasteiger partial charge in [-0.05, 0) is 54.2 Å². The summed E-state index contributed by atoms with van der Waals surface area (Å²) in [6.45, 7) is 3.56. The molecule has 4 rings (SSSR count). The van der Waals surface area contributed by atoms with Gasteiger partial charge in [0.1, 0.15) is 30.2 Å². The van der Waals surface area contributed by atoms with Gasteiger partial charge in [-0.15, -0.1) is 0 Å². The first-order valence-corrected chi connectivity index (χ1v) is 16.3. The zero-order valence-corrected chi connectivity index (χ0v) is 28.4. The van der Waals surface area contributed by atoms with Crippen LogP contribution in [0.1, 0.15) is 41.8 Å². The van der Waals surface area contributed by atoms with Crippen molar-refractivity contribution in [3.8, 4) is 11.5 Å². The van der Waals surface area contributed by atoms with E-state index in [1.54, 1.807) is 45.2 Å². The van der Waals surface area contributed by atoms with E-state index >= 15 is 0 Å². The van der Waals surface area contributed by atoms with Crippen LogP contribution in [0.15, 0.2) is 78.9 Å². The maximum Gasteiger partial charge on any atom is 0.255 e. The van der Waals surface area contributed by atoms with Crippen LogP contribution in [0.2, 0.25) is 0 Å². The molecule has 0 unspecified atom stereocenters. The van der Waals surface area contributed by atoms with Crippen molar-refractivity contribution in [1.82, 2.24) is 26.2 Å². The molecule has 3 atom stereocenters. The van der Waals surface area contributed by atoms with Crippen molar-refractivity contribution in [3.63, 3.8) is 0 Å². The topological polar surface area (TPSA) is 155 Å². The summed E-state index contributed by atoms with van der Waals surface area (Å²) in [5.74, 6) is -2.04. The zero-order valence-electron chi connectivity index (χ0n) is 28.4. The first-order chi connectivity index (χ1) is 23.5. The lowest BCUT2D eigenvalue weighted by Crippen LogP contribution is -2.54. The Labute approximate surface area is 286 Å². The number of nitrogens with one attached hydrogen (secondary N) is 4. The minimum absolute atomic E-state index is 0.0204. The lowest BCUT2D eigenvalue weighted by atomic mass is 10.0. The first-order valence-electron chi connectivity index (χ1n) is 16.3. The van der Waals surface area contributed by atoms with Gasteiger partial charge >= 0.3 is 0 Å². The fourth-order valence-electron chi connectivity index (χ4n) is 5.45. The molecule has 3 aromatic rings. The molecule has 0 aromatic heterocycles. The minimum atomic E-state index is -1.26. The number of carbonyl (C=O) groups is 5. The van der Waals surface area contributed by atoms with Crippen molar-refractivity contribution in [3.05, 3.63) is 95.6 Å². The Morgan fingerprint density at radius 1 is 0.898 bits per heavy atom. The Balaban J connectivity index is 1.60. The number of nitrogens with zero attached hydrogens (tertiary/aromatic N) is 1. The highest BCUT2D eigenvalue weighted by molar-refractivity contribution is 6.01. The highest BCUT2D eigenvalue weighted by atomic mass is 16.5. The standard InChI is InChI=1S/C37H45N5O7/c1-24(2)34-37(47)42(3)22-33(44)39-27(20-26-10-6-5-7-11-26)23-49-31-13-9-8-12-29(31)35(45)40-30(21-32(43)41-34)36(46)38-19-18-25-14-16-28(48-4)17-15-25/h5-17,24,27,30,34H,18-23H2,1-4H3,(H,38,46)(H,39,44)(H,40,45)(H,41,43)/t27-,30+,34+/m1/s1. The predicted octanol–water partition coefficient (Wildman–Crippen LogP) is 2.26. The van der Waals surface area contributed by atoms with Crippen molar-refractivity contribution in [1.29, 1.82) is 0 Å². The van der Waals surface area contributed by atoms with E-state index < -0.39 is 54.1 Å². The average molecular weight is 672 g/mol. The zero-order chi connectivity index (χ0) is 35.3. The molecule has 0 saturated carbocycles. The second kappa shape index (κ2) is 17.7. The van der Waals surface area contributed by atoms with Crippen LogP contribution >= 0.6 is 0 Å². The Morgan fingerprint density at radius 2 is 1.59 bits per heavy atom. The monoisotopic (exact) mass is 671 g/mol. The second-order valence-electron chi connectivity index (χ2n) is 12.4. The van der Waals surface area contributed by atoms with E-state index in [4.69, 9.17) is 9.47 Å². The van der Waals surface area contributed by atoms with Crippen LogP contribution in [0, 0.1) is 5.92 Å². The molecular formula is C37H45N5O7. The van der Waals surface area contributed by atoms with E-state index in [-0.39, 0.29) is 36.9 Å². The molecule has 3 aromatic carbocycles. The van der Waals surface area contributed by atoms with Gasteiger partial charge in [0.05, 0.1) is 31.7 Å². The Hall–Kier alpha value is -5.39. The second-order valence-corrected chi connectivity index (χ2v) is 12.4. The molecule has 0 radical (unpaired) electrons. The highest BCUT2D eigenvalue weighted by Gasteiger charge is 2.32. The van der Waals surface area contributed by atoms with Crippen molar-refractivity contribution in [2.75, 3.05) is 33.9 Å². The van der Waals surface area contributed by atoms with E-state index in [9.17, 15) is 24.0 Å². The van der Waals surface area contributed by atoms with Gasteiger partial charge in [0.15, 0.2) is 0 Å². The molecule has 0 spiro atoms. The quantitative estimate of drug-likeness (QED) is 0.287. The molecule has 4 N–H and O–H groups in total. The molecule has 260 valence electrons. The summed E-state index contributed by atoms with van der Waals surface area (Å²) < 4.78 is 11.3. The first kappa shape index (κ1) is 36.4. The van der Waals surface area contributed by atoms with E-state index in [1.807, 2.05) is 54.6 Å². The fourth-order valence-corrected chi connectivity index (χ4v) is 5.45. The number of fused-ring (bicyclic) bond motifs is 1. The van der Waals surface area contributed by atoms with E-state index in [1.165, 1.54) is 11.9 Å². The minimum Gasteiger partial charge on any atom is -0.497 e. The van der Waals surface area contributed by atoms with Gasteiger partial charge in [0.2, 0.25) is 23.6 Å². The molecule has 0 fully saturated rings. The molecule has 0 saturated heterocycles. The molecule has 1 aliphatic rings. The summed E-state index contributed by atoms with van der Waals surface area (Å²) in [4.78, 5) is 68.5. The summed E-state index contributed by atoms with van der Waals surface area (Å²) in [5.41, 5.74) is 2.08. The number of amides is 5. The lowest BCUT2D eigenvalue weighted by molar-refractivity contribution is -0.139. The number of likely N-dealkylation sites (N-methyl/N-ethyl adjacent to an activating group) is 1. The predicted molar refractivity (Wildman–Crippen MR) is 184 cm³/mol. The number of ether oxygens (including phenoxy) is 2. The third-order valence-corrected chi connectivity index (χ3v) is 8.15. The number of carbonyl (C=O) groups excluding carboxylic acids is 5. The Bertz CT molecular complexity index is 1600. The number of rotatable bonds is 8. The molecule has 1 aliphatic heterocycles. The van der Waals surface area contributed by atoms with Crippen LogP contribution in [0.3, 0.4) is 0 Å². The van der Waals surface area contributed by atoms with Crippen LogP contribution in [0.4, 0.5) is 0 Å². The van der Waals surface area contributed by atoms with Gasteiger partial charge in [-0.1, -0.05) is 68.4 Å². The Morgan fingerprint density at radius 3 is 2.29 bits per heavy atom. The van der Waals surface area contributed by atoms with Crippen LogP contribution in [0.5, 0.6) is 11.5 Å². The molecule has 49 heavy (non-hydrogen) atoms. The SMILES string of the molecule is COc1ccc(CCNC(=O)[C@@H]2CC(=O)N[C@@H](C(C)C)C(=O)N(C)CC(=O)N[C@H](Cc3ccccc3)COc3ccccc3C(=O)N2)cc1. The number of benzene rings is 3. The molecular weight excluding hydrogens is 626 g/mol. The fraction of sp³-hybridized carbons (Fsp3) is 0.378. The summed E-state index contributed by atoms with van der Waals surface area (Å²) in [5, 5.41) is 11.2. The normalized spacial score (nSPS) is 19.4. The van der Waals surface area contributed by atoms with E-state index in [0.717, 1.165) is 11.1 Å². The summed E-state index contributed by atoms with van der Waals surface area (Å²) in [6.07, 6.45) is 0.511. The third kappa shape index (κ3) is 10.8. The van der Waals surface area contributed by atoms with Crippen molar-refractivity contribution in [2.24, 2.45) is 5.92 Å². The van der Waals surface area contributed by atoms with Gasteiger partial charge in [0, 0.05) is 13.6 Å². The van der Waals surface area contributed by atoms with Crippen molar-refractivity contribution in [2.45, 2.75) is 51.2 Å². The van der Waals surface area contributed by atoms with E-state index in [0.29, 0.717) is 18.6 Å². The van der Waals surface area contributed by atoms with Gasteiger partial charge in [-0.25, -0.2) is 0 Å². The smallest absolute Gasteiger partial charge is 0.255 e. The summed E-state index contributed by atoms with van der Waals surface area (Å²) in [6, 6.07) is 20.8. The lowest BCUT2D eigenvalue weighted by Gasteiger charge is -2.28. The van der Waals surface area contributed by atoms with Crippen LogP contribution in [-0.2, 0) is 32.0 Å². The van der Waals surface area contributed by atoms with Crippen LogP contribution < -0.4 is 30.7 Å². The summed E-state index contributed by atoms with van der Waals surface area (Å²) in [7, 11) is 3.08. The number of hydrogen-bond acceptors (Lipinski definition) is 7. The van der Waals surface area contributed by atoms with Crippen molar-refractivity contribution >= 4 is 29.5 Å². The molecule has 1 heterocycles. The molecule has 0 bridgehead atoms. The van der Waals surface area contributed by atoms with Gasteiger partial charge in [-0.3, -0.25) is 24.0 Å². The number of para-hydroxylation sites is 1. The largest absolute Gasteiger partial charge is 0.497 e. The molecule has 12 heteroatoms. The van der Waals surface area contributed by atoms with Crippen molar-refractivity contribution < 1.29 is 33.4 Å². The molecule has 12 nitrogen and oxygen atoms in total. The highest BCUT2D eigenvalue weighted by Crippen LogP contribution is 2.20. The Kier molecular flexibility index (Phi) is 13.1. The molecule has 5 amide bonds. The maximum absolute atomic E-state index is 13.7. The van der Waals surface area contributed by atoms with Gasteiger partial charge < -0.3 is 35.6 Å². The van der Waals surface area contributed by atoms with Crippen LogP contribution in [-0.4, -0.2) is 86.4 Å². The number of methoxy groups -OCH3 is 1. The number of hydrogen-bond donors (Lipinski definition) is 4.